The Hall–Kier alpha value is -2.94. The monoisotopic (exact) mass is 688 g/mol. The summed E-state index contributed by atoms with van der Waals surface area (Å²) in [6, 6.07) is 20.3. The Labute approximate surface area is 293 Å². The van der Waals surface area contributed by atoms with Crippen molar-refractivity contribution >= 4 is 45.7 Å². The summed E-state index contributed by atoms with van der Waals surface area (Å²) < 4.78 is 2.48. The summed E-state index contributed by atoms with van der Waals surface area (Å²) in [5.41, 5.74) is 6.42. The maximum Gasteiger partial charge on any atom is 0.141 e. The van der Waals surface area contributed by atoms with Gasteiger partial charge in [-0.25, -0.2) is 4.98 Å². The third-order valence-electron chi connectivity index (χ3n) is 11.1. The summed E-state index contributed by atoms with van der Waals surface area (Å²) in [6.07, 6.45) is 8.53. The molecular weight excluding hydrogens is 643 g/mol. The molecule has 1 heterocycles. The summed E-state index contributed by atoms with van der Waals surface area (Å²) in [7, 11) is 0. The van der Waals surface area contributed by atoms with E-state index in [1.165, 1.54) is 38.5 Å². The number of aromatic nitrogens is 2. The maximum atomic E-state index is 12.4. The number of hydrogen-bond acceptors (Lipinski definition) is 6. The molecule has 9 heteroatoms. The lowest BCUT2D eigenvalue weighted by atomic mass is 9.49. The van der Waals surface area contributed by atoms with Gasteiger partial charge in [0, 0.05) is 49.9 Å². The van der Waals surface area contributed by atoms with E-state index in [4.69, 9.17) is 28.2 Å². The van der Waals surface area contributed by atoms with E-state index < -0.39 is 0 Å². The number of imidazole rings is 1. The molecular formula is C39H46Cl2N4O3. The quantitative estimate of drug-likeness (QED) is 0.125. The van der Waals surface area contributed by atoms with Gasteiger partial charge in [0.15, 0.2) is 0 Å². The van der Waals surface area contributed by atoms with Crippen LogP contribution < -0.4 is 10.2 Å². The molecule has 3 N–H and O–H groups in total. The normalized spacial score (nSPS) is 23.6. The van der Waals surface area contributed by atoms with Gasteiger partial charge in [0.05, 0.1) is 34.3 Å². The molecule has 7 nitrogen and oxygen atoms in total. The first kappa shape index (κ1) is 33.6. The number of nitrogens with one attached hydrogen (secondary N) is 1. The molecule has 4 saturated carbocycles. The van der Waals surface area contributed by atoms with Gasteiger partial charge in [-0.2, -0.15) is 0 Å². The summed E-state index contributed by atoms with van der Waals surface area (Å²) in [6.45, 7) is 4.14. The number of halogens is 2. The van der Waals surface area contributed by atoms with Crippen LogP contribution in [0.2, 0.25) is 10.0 Å². The van der Waals surface area contributed by atoms with Gasteiger partial charge in [-0.05, 0) is 128 Å². The molecule has 0 radical (unpaired) electrons. The number of carbonyl (C=O) groups excluding carboxylic acids is 1. The standard InChI is InChI=1S/C39H46Cl2N4O3/c1-25(48)14-35(42-23-26-2-8-33(40)34(41)18-26)31-5-9-37-36(19-31)43-38(30-3-6-32(7-4-30)44(10-12-46)11-13-47)45(37)24-39-20-27-15-28(21-39)17-29(16-27)22-39/h2-9,18-19,27-29,35,42,46-47H,10-17,20-24H2,1H3. The second-order valence-corrected chi connectivity index (χ2v) is 15.6. The molecule has 0 amide bonds. The molecule has 4 aromatic rings. The summed E-state index contributed by atoms with van der Waals surface area (Å²) in [4.78, 5) is 19.7. The minimum Gasteiger partial charge on any atom is -0.395 e. The van der Waals surface area contributed by atoms with Crippen molar-refractivity contribution in [1.82, 2.24) is 14.9 Å². The second-order valence-electron chi connectivity index (χ2n) is 14.8. The molecule has 4 aliphatic carbocycles. The zero-order valence-corrected chi connectivity index (χ0v) is 29.2. The van der Waals surface area contributed by atoms with Crippen LogP contribution in [0.4, 0.5) is 5.69 Å². The van der Waals surface area contributed by atoms with Crippen LogP contribution in [0.3, 0.4) is 0 Å². The number of carbonyl (C=O) groups is 1. The van der Waals surface area contributed by atoms with Gasteiger partial charge in [0.2, 0.25) is 0 Å². The van der Waals surface area contributed by atoms with E-state index in [0.29, 0.717) is 41.5 Å². The van der Waals surface area contributed by atoms with Gasteiger partial charge in [-0.1, -0.05) is 35.3 Å². The third-order valence-corrected chi connectivity index (χ3v) is 11.8. The first-order chi connectivity index (χ1) is 23.2. The van der Waals surface area contributed by atoms with Crippen molar-refractivity contribution in [2.75, 3.05) is 31.2 Å². The zero-order valence-electron chi connectivity index (χ0n) is 27.7. The van der Waals surface area contributed by atoms with Crippen molar-refractivity contribution in [2.24, 2.45) is 23.2 Å². The van der Waals surface area contributed by atoms with Crippen LogP contribution >= 0.6 is 23.2 Å². The fraction of sp³-hybridized carbons (Fsp3) is 0.487. The number of fused-ring (bicyclic) bond motifs is 1. The van der Waals surface area contributed by atoms with Crippen molar-refractivity contribution in [3.8, 4) is 11.4 Å². The van der Waals surface area contributed by atoms with E-state index >= 15 is 0 Å². The molecule has 1 atom stereocenters. The highest BCUT2D eigenvalue weighted by Crippen LogP contribution is 2.61. The second kappa shape index (κ2) is 14.1. The fourth-order valence-electron chi connectivity index (χ4n) is 9.48. The molecule has 0 spiro atoms. The zero-order chi connectivity index (χ0) is 33.4. The van der Waals surface area contributed by atoms with Gasteiger partial charge >= 0.3 is 0 Å². The van der Waals surface area contributed by atoms with E-state index in [2.05, 4.69) is 52.3 Å². The number of Topliss-reactive ketones (excluding diaryl/α,β-unsaturated/α-hetero) is 1. The largest absolute Gasteiger partial charge is 0.395 e. The number of hydrogen-bond donors (Lipinski definition) is 3. The van der Waals surface area contributed by atoms with E-state index in [0.717, 1.165) is 63.5 Å². The average molecular weight is 690 g/mol. The molecule has 0 saturated heterocycles. The SMILES string of the molecule is CC(=O)CC(NCc1ccc(Cl)c(Cl)c1)c1ccc2c(c1)nc(-c1ccc(N(CCO)CCO)cc1)n2CC12CC3CC(CC(C3)C1)C2. The molecule has 4 bridgehead atoms. The first-order valence-electron chi connectivity index (χ1n) is 17.5. The van der Waals surface area contributed by atoms with E-state index in [-0.39, 0.29) is 25.0 Å². The van der Waals surface area contributed by atoms with Crippen LogP contribution in [0.25, 0.3) is 22.4 Å². The molecule has 1 aromatic heterocycles. The molecule has 1 unspecified atom stereocenters. The van der Waals surface area contributed by atoms with Crippen LogP contribution in [0.1, 0.15) is 69.0 Å². The van der Waals surface area contributed by atoms with E-state index in [1.54, 1.807) is 13.0 Å². The van der Waals surface area contributed by atoms with Crippen molar-refractivity contribution in [3.63, 3.8) is 0 Å². The molecule has 4 aliphatic rings. The van der Waals surface area contributed by atoms with Crippen LogP contribution in [-0.4, -0.2) is 51.9 Å². The van der Waals surface area contributed by atoms with Crippen LogP contribution in [0.5, 0.6) is 0 Å². The topological polar surface area (TPSA) is 90.6 Å². The number of benzene rings is 3. The van der Waals surface area contributed by atoms with E-state index in [1.807, 2.05) is 17.0 Å². The highest BCUT2D eigenvalue weighted by Gasteiger charge is 2.51. The van der Waals surface area contributed by atoms with Gasteiger partial charge in [0.1, 0.15) is 11.6 Å². The van der Waals surface area contributed by atoms with Gasteiger partial charge in [-0.3, -0.25) is 4.79 Å². The maximum absolute atomic E-state index is 12.4. The van der Waals surface area contributed by atoms with Gasteiger partial charge in [0.25, 0.3) is 0 Å². The molecule has 254 valence electrons. The molecule has 8 rings (SSSR count). The third kappa shape index (κ3) is 7.03. The predicted octanol–water partition coefficient (Wildman–Crippen LogP) is 7.83. The smallest absolute Gasteiger partial charge is 0.141 e. The minimum atomic E-state index is -0.179. The molecule has 48 heavy (non-hydrogen) atoms. The minimum absolute atomic E-state index is 0.0257. The summed E-state index contributed by atoms with van der Waals surface area (Å²) in [5.74, 6) is 3.66. The Bertz CT molecular complexity index is 1730. The van der Waals surface area contributed by atoms with Crippen molar-refractivity contribution in [3.05, 3.63) is 81.8 Å². The van der Waals surface area contributed by atoms with Gasteiger partial charge in [-0.15, -0.1) is 0 Å². The highest BCUT2D eigenvalue weighted by molar-refractivity contribution is 6.42. The lowest BCUT2D eigenvalue weighted by Crippen LogP contribution is -2.47. The number of ketones is 1. The molecule has 3 aromatic carbocycles. The van der Waals surface area contributed by atoms with Crippen molar-refractivity contribution in [2.45, 2.75) is 71.0 Å². The van der Waals surface area contributed by atoms with Crippen LogP contribution in [0, 0.1) is 23.2 Å². The molecule has 0 aliphatic heterocycles. The predicted molar refractivity (Wildman–Crippen MR) is 193 cm³/mol. The number of aliphatic hydroxyl groups excluding tert-OH is 2. The first-order valence-corrected chi connectivity index (χ1v) is 18.2. The lowest BCUT2D eigenvalue weighted by Gasteiger charge is -2.57. The Morgan fingerprint density at radius 3 is 2.21 bits per heavy atom. The molecule has 4 fully saturated rings. The fourth-order valence-corrected chi connectivity index (χ4v) is 9.80. The summed E-state index contributed by atoms with van der Waals surface area (Å²) in [5, 5.41) is 23.8. The number of aliphatic hydroxyl groups is 2. The summed E-state index contributed by atoms with van der Waals surface area (Å²) >= 11 is 12.4. The van der Waals surface area contributed by atoms with Crippen LogP contribution in [-0.2, 0) is 17.9 Å². The number of anilines is 1. The Morgan fingerprint density at radius 1 is 0.938 bits per heavy atom. The van der Waals surface area contributed by atoms with Gasteiger partial charge < -0.3 is 25.0 Å². The Balaban J connectivity index is 1.24. The lowest BCUT2D eigenvalue weighted by molar-refractivity contribution is -0.117. The Morgan fingerprint density at radius 2 is 1.60 bits per heavy atom. The van der Waals surface area contributed by atoms with Crippen molar-refractivity contribution < 1.29 is 15.0 Å². The highest BCUT2D eigenvalue weighted by atomic mass is 35.5. The number of nitrogens with zero attached hydrogens (tertiary/aromatic N) is 3. The number of rotatable bonds is 14. The van der Waals surface area contributed by atoms with Crippen LogP contribution in [0.15, 0.2) is 60.7 Å². The van der Waals surface area contributed by atoms with Crippen molar-refractivity contribution in [1.29, 1.82) is 0 Å². The van der Waals surface area contributed by atoms with E-state index in [9.17, 15) is 15.0 Å². The Kier molecular flexibility index (Phi) is 9.87. The average Bonchev–Trinajstić information content (AvgIpc) is 3.40.